The van der Waals surface area contributed by atoms with E-state index >= 15 is 0 Å². The quantitative estimate of drug-likeness (QED) is 0.866. The van der Waals surface area contributed by atoms with E-state index in [1.54, 1.807) is 6.07 Å². The molecular weight excluding hydrogens is 302 g/mol. The highest BCUT2D eigenvalue weighted by atomic mass is 32.2. The lowest BCUT2D eigenvalue weighted by Gasteiger charge is -2.21. The monoisotopic (exact) mass is 316 g/mol. The Morgan fingerprint density at radius 1 is 1.52 bits per heavy atom. The number of halogens is 2. The van der Waals surface area contributed by atoms with Crippen LogP contribution in [0.15, 0.2) is 23.1 Å². The second-order valence-corrected chi connectivity index (χ2v) is 6.36. The summed E-state index contributed by atoms with van der Waals surface area (Å²) in [6, 6.07) is 5.35. The lowest BCUT2D eigenvalue weighted by molar-refractivity contribution is -0.000507. The van der Waals surface area contributed by atoms with Crippen molar-refractivity contribution in [3.8, 4) is 6.07 Å². The van der Waals surface area contributed by atoms with Gasteiger partial charge in [-0.15, -0.1) is 0 Å². The second kappa shape index (κ2) is 6.15. The third-order valence-corrected chi connectivity index (χ3v) is 4.92. The van der Waals surface area contributed by atoms with Gasteiger partial charge in [0.25, 0.3) is 6.43 Å². The fourth-order valence-electron chi connectivity index (χ4n) is 2.18. The summed E-state index contributed by atoms with van der Waals surface area (Å²) in [5.74, 6) is 0. The third kappa shape index (κ3) is 3.27. The molecule has 1 aromatic carbocycles. The van der Waals surface area contributed by atoms with E-state index in [0.29, 0.717) is 0 Å². The molecule has 1 heterocycles. The van der Waals surface area contributed by atoms with Gasteiger partial charge in [0.2, 0.25) is 0 Å². The van der Waals surface area contributed by atoms with Crippen molar-refractivity contribution in [2.45, 2.75) is 23.3 Å². The molecule has 0 bridgehead atoms. The first-order chi connectivity index (χ1) is 9.90. The van der Waals surface area contributed by atoms with Crippen molar-refractivity contribution in [2.75, 3.05) is 19.7 Å². The van der Waals surface area contributed by atoms with Crippen LogP contribution in [0.5, 0.6) is 0 Å². The lowest BCUT2D eigenvalue weighted by Crippen LogP contribution is -2.37. The predicted molar refractivity (Wildman–Crippen MR) is 70.7 cm³/mol. The van der Waals surface area contributed by atoms with Crippen LogP contribution in [0.25, 0.3) is 0 Å². The lowest BCUT2D eigenvalue weighted by atomic mass is 10.1. The number of rotatable bonds is 4. The molecule has 0 amide bonds. The van der Waals surface area contributed by atoms with Gasteiger partial charge in [-0.05, 0) is 24.6 Å². The molecule has 21 heavy (non-hydrogen) atoms. The number of alkyl halides is 2. The van der Waals surface area contributed by atoms with Crippen molar-refractivity contribution in [3.05, 3.63) is 29.3 Å². The Morgan fingerprint density at radius 3 is 2.76 bits per heavy atom. The van der Waals surface area contributed by atoms with Crippen LogP contribution in [0.3, 0.4) is 0 Å². The van der Waals surface area contributed by atoms with Crippen LogP contribution in [0.2, 0.25) is 0 Å². The minimum absolute atomic E-state index is 0.0568. The molecule has 1 fully saturated rings. The molecule has 5 nitrogen and oxygen atoms in total. The van der Waals surface area contributed by atoms with E-state index in [-0.39, 0.29) is 30.0 Å². The van der Waals surface area contributed by atoms with E-state index in [0.717, 1.165) is 6.07 Å². The summed E-state index contributed by atoms with van der Waals surface area (Å²) in [5, 5.41) is 27.7. The Bertz CT molecular complexity index is 606. The van der Waals surface area contributed by atoms with E-state index in [9.17, 15) is 18.1 Å². The second-order valence-electron chi connectivity index (χ2n) is 4.91. The van der Waals surface area contributed by atoms with Gasteiger partial charge in [-0.3, -0.25) is 0 Å². The SMILES string of the molecule is N#Cc1ccc(S(=O)N2CCC(O)(CO)C2)c(C(F)F)c1. The van der Waals surface area contributed by atoms with E-state index in [4.69, 9.17) is 10.4 Å². The first kappa shape index (κ1) is 16.0. The Morgan fingerprint density at radius 2 is 2.24 bits per heavy atom. The summed E-state index contributed by atoms with van der Waals surface area (Å²) in [6.07, 6.45) is -2.63. The van der Waals surface area contributed by atoms with Crippen molar-refractivity contribution in [3.63, 3.8) is 0 Å². The summed E-state index contributed by atoms with van der Waals surface area (Å²) in [5.41, 5.74) is -1.74. The first-order valence-corrected chi connectivity index (χ1v) is 7.33. The molecule has 2 atom stereocenters. The molecule has 2 rings (SSSR count). The van der Waals surface area contributed by atoms with Gasteiger partial charge in [0.15, 0.2) is 0 Å². The van der Waals surface area contributed by atoms with Crippen molar-refractivity contribution >= 4 is 11.0 Å². The maximum absolute atomic E-state index is 13.1. The Balaban J connectivity index is 2.30. The van der Waals surface area contributed by atoms with Crippen LogP contribution in [-0.2, 0) is 11.0 Å². The molecule has 0 aliphatic carbocycles. The van der Waals surface area contributed by atoms with Gasteiger partial charge in [-0.25, -0.2) is 17.3 Å². The molecule has 0 radical (unpaired) electrons. The number of nitriles is 1. The average Bonchev–Trinajstić information content (AvgIpc) is 2.89. The molecule has 8 heteroatoms. The predicted octanol–water partition coefficient (Wildman–Crippen LogP) is 0.948. The number of β-amino-alcohol motifs (C(OH)–C–C–N with tert-alkyl or cyclic N) is 1. The van der Waals surface area contributed by atoms with Crippen LogP contribution in [-0.4, -0.2) is 44.0 Å². The molecule has 1 aromatic rings. The van der Waals surface area contributed by atoms with Gasteiger partial charge in [0.1, 0.15) is 16.6 Å². The Kier molecular flexibility index (Phi) is 4.68. The number of hydrogen-bond acceptors (Lipinski definition) is 4. The number of hydrogen-bond donors (Lipinski definition) is 2. The van der Waals surface area contributed by atoms with Crippen LogP contribution in [0.4, 0.5) is 8.78 Å². The van der Waals surface area contributed by atoms with Crippen LogP contribution in [0.1, 0.15) is 24.0 Å². The summed E-state index contributed by atoms with van der Waals surface area (Å²) in [7, 11) is -1.88. The highest BCUT2D eigenvalue weighted by Gasteiger charge is 2.38. The third-order valence-electron chi connectivity index (χ3n) is 3.39. The summed E-state index contributed by atoms with van der Waals surface area (Å²) < 4.78 is 39.9. The van der Waals surface area contributed by atoms with Gasteiger partial charge < -0.3 is 10.2 Å². The summed E-state index contributed by atoms with van der Waals surface area (Å²) in [6.45, 7) is -0.305. The molecular formula is C13H14F2N2O3S. The summed E-state index contributed by atoms with van der Waals surface area (Å²) in [4.78, 5) is -0.0776. The van der Waals surface area contributed by atoms with Crippen molar-refractivity contribution < 1.29 is 23.2 Å². The Labute approximate surface area is 123 Å². The highest BCUT2D eigenvalue weighted by molar-refractivity contribution is 7.82. The molecule has 1 aliphatic rings. The maximum atomic E-state index is 13.1. The smallest absolute Gasteiger partial charge is 0.265 e. The van der Waals surface area contributed by atoms with Gasteiger partial charge in [-0.2, -0.15) is 5.26 Å². The van der Waals surface area contributed by atoms with Gasteiger partial charge in [0, 0.05) is 18.7 Å². The fourth-order valence-corrected chi connectivity index (χ4v) is 3.60. The average molecular weight is 316 g/mol. The molecule has 2 N–H and O–H groups in total. The molecule has 2 unspecified atom stereocenters. The van der Waals surface area contributed by atoms with Crippen molar-refractivity contribution in [1.82, 2.24) is 4.31 Å². The van der Waals surface area contributed by atoms with Crippen LogP contribution < -0.4 is 0 Å². The van der Waals surface area contributed by atoms with Gasteiger partial charge in [-0.1, -0.05) is 0 Å². The normalized spacial score (nSPS) is 24.2. The minimum atomic E-state index is -2.85. The minimum Gasteiger partial charge on any atom is -0.393 e. The van der Waals surface area contributed by atoms with E-state index in [1.165, 1.54) is 16.4 Å². The highest BCUT2D eigenvalue weighted by Crippen LogP contribution is 2.30. The zero-order valence-electron chi connectivity index (χ0n) is 11.0. The van der Waals surface area contributed by atoms with Crippen LogP contribution >= 0.6 is 0 Å². The molecule has 114 valence electrons. The number of aliphatic hydroxyl groups is 2. The molecule has 0 aromatic heterocycles. The molecule has 1 aliphatic heterocycles. The topological polar surface area (TPSA) is 84.6 Å². The summed E-state index contributed by atoms with van der Waals surface area (Å²) >= 11 is 0. The molecule has 0 saturated carbocycles. The first-order valence-electron chi connectivity index (χ1n) is 6.22. The standard InChI is InChI=1S/C13H14F2N2O3S/c14-12(15)10-5-9(6-16)1-2-11(10)21(20)17-4-3-13(19,7-17)8-18/h1-2,5,12,18-19H,3-4,7-8H2. The van der Waals surface area contributed by atoms with E-state index in [1.807, 2.05) is 0 Å². The molecule has 0 spiro atoms. The van der Waals surface area contributed by atoms with Gasteiger partial charge >= 0.3 is 0 Å². The zero-order chi connectivity index (χ0) is 15.6. The number of benzene rings is 1. The van der Waals surface area contributed by atoms with Gasteiger partial charge in [0.05, 0.1) is 23.1 Å². The number of nitrogens with zero attached hydrogens (tertiary/aromatic N) is 2. The van der Waals surface area contributed by atoms with Crippen LogP contribution in [0, 0.1) is 11.3 Å². The Hall–Kier alpha value is -1.40. The number of aliphatic hydroxyl groups excluding tert-OH is 1. The fraction of sp³-hybridized carbons (Fsp3) is 0.462. The van der Waals surface area contributed by atoms with Crippen molar-refractivity contribution in [2.24, 2.45) is 0 Å². The zero-order valence-corrected chi connectivity index (χ0v) is 11.8. The molecule has 1 saturated heterocycles. The largest absolute Gasteiger partial charge is 0.393 e. The van der Waals surface area contributed by atoms with E-state index < -0.39 is 35.2 Å². The van der Waals surface area contributed by atoms with Crippen molar-refractivity contribution in [1.29, 1.82) is 5.26 Å². The maximum Gasteiger partial charge on any atom is 0.265 e. The van der Waals surface area contributed by atoms with E-state index in [2.05, 4.69) is 0 Å².